The highest BCUT2D eigenvalue weighted by Crippen LogP contribution is 2.26. The molecule has 0 fully saturated rings. The van der Waals surface area contributed by atoms with Crippen LogP contribution in [0.2, 0.25) is 5.02 Å². The van der Waals surface area contributed by atoms with Crippen LogP contribution in [0.5, 0.6) is 0 Å². The second-order valence-electron chi connectivity index (χ2n) is 5.68. The number of allylic oxidation sites excluding steroid dienone is 1. The summed E-state index contributed by atoms with van der Waals surface area (Å²) in [6, 6.07) is 13.5. The molecule has 0 aliphatic carbocycles. The molecule has 0 spiro atoms. The highest BCUT2D eigenvalue weighted by Gasteiger charge is 2.30. The number of amides is 1. The summed E-state index contributed by atoms with van der Waals surface area (Å²) in [7, 11) is 1.21. The molecule has 1 aliphatic rings. The van der Waals surface area contributed by atoms with Gasteiger partial charge in [0.1, 0.15) is 11.3 Å². The molecule has 0 bridgehead atoms. The van der Waals surface area contributed by atoms with Gasteiger partial charge >= 0.3 is 5.97 Å². The van der Waals surface area contributed by atoms with Crippen LogP contribution in [0.1, 0.15) is 28.4 Å². The van der Waals surface area contributed by atoms with Crippen molar-refractivity contribution in [2.45, 2.75) is 6.92 Å². The fourth-order valence-corrected chi connectivity index (χ4v) is 2.91. The Bertz CT molecular complexity index is 1030. The van der Waals surface area contributed by atoms with E-state index in [1.165, 1.54) is 14.0 Å². The van der Waals surface area contributed by atoms with Crippen LogP contribution in [-0.2, 0) is 9.53 Å². The minimum atomic E-state index is -0.734. The first-order valence-electron chi connectivity index (χ1n) is 7.98. The number of halogens is 1. The zero-order valence-electron chi connectivity index (χ0n) is 14.6. The SMILES string of the molecule is COC(=O)/C(C1=NC(=NC(=O)c2ccccc2Cl)c2ccccc21)=C(\C)O. The molecule has 0 aromatic heterocycles. The summed E-state index contributed by atoms with van der Waals surface area (Å²) in [6.45, 7) is 1.36. The number of fused-ring (bicyclic) bond motifs is 1. The van der Waals surface area contributed by atoms with E-state index in [2.05, 4.69) is 9.98 Å². The van der Waals surface area contributed by atoms with Gasteiger partial charge in [0, 0.05) is 11.1 Å². The molecular formula is C20H15ClN2O4. The van der Waals surface area contributed by atoms with Crippen molar-refractivity contribution >= 4 is 35.0 Å². The molecule has 1 aliphatic heterocycles. The molecular weight excluding hydrogens is 368 g/mol. The number of aliphatic hydroxyl groups excluding tert-OH is 1. The Kier molecular flexibility index (Phi) is 5.19. The van der Waals surface area contributed by atoms with Gasteiger partial charge in [-0.25, -0.2) is 9.79 Å². The first kappa shape index (κ1) is 18.5. The molecule has 2 aromatic carbocycles. The molecule has 0 atom stereocenters. The third kappa shape index (κ3) is 3.52. The molecule has 3 rings (SSSR count). The summed E-state index contributed by atoms with van der Waals surface area (Å²) in [5, 5.41) is 10.2. The van der Waals surface area contributed by atoms with E-state index in [0.717, 1.165) is 0 Å². The minimum Gasteiger partial charge on any atom is -0.512 e. The Labute approximate surface area is 160 Å². The van der Waals surface area contributed by atoms with E-state index in [-0.39, 0.29) is 33.5 Å². The minimum absolute atomic E-state index is 0.0830. The normalized spacial score (nSPS) is 15.1. The van der Waals surface area contributed by atoms with Crippen LogP contribution < -0.4 is 0 Å². The number of nitrogens with zero attached hydrogens (tertiary/aromatic N) is 2. The number of carbonyl (C=O) groups excluding carboxylic acids is 2. The van der Waals surface area contributed by atoms with Crippen molar-refractivity contribution in [3.8, 4) is 0 Å². The van der Waals surface area contributed by atoms with Gasteiger partial charge in [0.05, 0.1) is 23.4 Å². The summed E-state index contributed by atoms with van der Waals surface area (Å²) in [5.74, 6) is -1.40. The van der Waals surface area contributed by atoms with Crippen LogP contribution in [0, 0.1) is 0 Å². The number of aliphatic imine (C=N–C) groups is 2. The average Bonchev–Trinajstić information content (AvgIpc) is 3.00. The molecule has 7 heteroatoms. The maximum Gasteiger partial charge on any atom is 0.343 e. The van der Waals surface area contributed by atoms with Crippen LogP contribution in [0.25, 0.3) is 0 Å². The summed E-state index contributed by atoms with van der Waals surface area (Å²) in [6.07, 6.45) is 0. The Hall–Kier alpha value is -3.25. The van der Waals surface area contributed by atoms with Gasteiger partial charge in [0.2, 0.25) is 0 Å². The number of hydrogen-bond acceptors (Lipinski definition) is 4. The Morgan fingerprint density at radius 3 is 2.33 bits per heavy atom. The van der Waals surface area contributed by atoms with Crippen molar-refractivity contribution < 1.29 is 19.4 Å². The standard InChI is InChI=1S/C20H15ClN2O4/c1-11(24)16(20(26)27-2)17-12-7-3-4-8-13(12)18(22-17)23-19(25)14-9-5-6-10-15(14)21/h3-10,24H,1-2H3/b16-11+,23-18?. The molecule has 1 N–H and O–H groups in total. The highest BCUT2D eigenvalue weighted by molar-refractivity contribution is 6.37. The Morgan fingerprint density at radius 2 is 1.70 bits per heavy atom. The van der Waals surface area contributed by atoms with Crippen molar-refractivity contribution in [1.82, 2.24) is 0 Å². The van der Waals surface area contributed by atoms with Gasteiger partial charge in [0.15, 0.2) is 5.84 Å². The molecule has 0 radical (unpaired) electrons. The lowest BCUT2D eigenvalue weighted by molar-refractivity contribution is -0.135. The molecule has 27 heavy (non-hydrogen) atoms. The average molecular weight is 383 g/mol. The van der Waals surface area contributed by atoms with Gasteiger partial charge < -0.3 is 9.84 Å². The maximum atomic E-state index is 12.5. The van der Waals surface area contributed by atoms with Crippen molar-refractivity contribution in [3.05, 3.63) is 81.6 Å². The van der Waals surface area contributed by atoms with Crippen molar-refractivity contribution in [2.24, 2.45) is 9.98 Å². The molecule has 1 amide bonds. The third-order valence-electron chi connectivity index (χ3n) is 3.94. The largest absolute Gasteiger partial charge is 0.512 e. The van der Waals surface area contributed by atoms with E-state index in [9.17, 15) is 14.7 Å². The number of methoxy groups -OCH3 is 1. The van der Waals surface area contributed by atoms with E-state index in [1.54, 1.807) is 48.5 Å². The fourth-order valence-electron chi connectivity index (χ4n) is 2.70. The van der Waals surface area contributed by atoms with Gasteiger partial charge in [0.25, 0.3) is 5.91 Å². The molecule has 136 valence electrons. The summed E-state index contributed by atoms with van der Waals surface area (Å²) in [5.41, 5.74) is 1.49. The van der Waals surface area contributed by atoms with Crippen molar-refractivity contribution in [1.29, 1.82) is 0 Å². The van der Waals surface area contributed by atoms with E-state index in [0.29, 0.717) is 11.1 Å². The number of ether oxygens (including phenoxy) is 1. The van der Waals surface area contributed by atoms with E-state index < -0.39 is 11.9 Å². The van der Waals surface area contributed by atoms with Crippen molar-refractivity contribution in [2.75, 3.05) is 7.11 Å². The third-order valence-corrected chi connectivity index (χ3v) is 4.27. The number of benzene rings is 2. The first-order chi connectivity index (χ1) is 12.9. The number of carbonyl (C=O) groups is 2. The highest BCUT2D eigenvalue weighted by atomic mass is 35.5. The van der Waals surface area contributed by atoms with Gasteiger partial charge in [-0.15, -0.1) is 0 Å². The van der Waals surface area contributed by atoms with E-state index in [4.69, 9.17) is 16.3 Å². The number of aliphatic hydroxyl groups is 1. The molecule has 0 unspecified atom stereocenters. The number of esters is 1. The molecule has 0 saturated carbocycles. The van der Waals surface area contributed by atoms with Crippen LogP contribution in [-0.4, -0.2) is 35.6 Å². The second kappa shape index (κ2) is 7.55. The van der Waals surface area contributed by atoms with Gasteiger partial charge in [-0.2, -0.15) is 4.99 Å². The lowest BCUT2D eigenvalue weighted by Gasteiger charge is -2.07. The Balaban J connectivity index is 2.14. The molecule has 0 saturated heterocycles. The van der Waals surface area contributed by atoms with Gasteiger partial charge in [-0.3, -0.25) is 4.79 Å². The lowest BCUT2D eigenvalue weighted by Crippen LogP contribution is -2.16. The van der Waals surface area contributed by atoms with Crippen LogP contribution >= 0.6 is 11.6 Å². The van der Waals surface area contributed by atoms with E-state index in [1.807, 2.05) is 0 Å². The monoisotopic (exact) mass is 382 g/mol. The van der Waals surface area contributed by atoms with Crippen LogP contribution in [0.4, 0.5) is 0 Å². The maximum absolute atomic E-state index is 12.5. The van der Waals surface area contributed by atoms with Gasteiger partial charge in [-0.1, -0.05) is 48.0 Å². The number of rotatable bonds is 3. The zero-order chi connectivity index (χ0) is 19.6. The first-order valence-corrected chi connectivity index (χ1v) is 8.36. The number of hydrogen-bond donors (Lipinski definition) is 1. The summed E-state index contributed by atoms with van der Waals surface area (Å²) in [4.78, 5) is 33.0. The predicted octanol–water partition coefficient (Wildman–Crippen LogP) is 3.73. The quantitative estimate of drug-likeness (QED) is 0.497. The predicted molar refractivity (Wildman–Crippen MR) is 103 cm³/mol. The van der Waals surface area contributed by atoms with Crippen LogP contribution in [0.15, 0.2) is 69.8 Å². The molecule has 2 aromatic rings. The number of amidine groups is 1. The van der Waals surface area contributed by atoms with Gasteiger partial charge in [-0.05, 0) is 19.1 Å². The topological polar surface area (TPSA) is 88.3 Å². The summed E-state index contributed by atoms with van der Waals surface area (Å²) < 4.78 is 4.74. The second-order valence-corrected chi connectivity index (χ2v) is 6.09. The molecule has 6 nitrogen and oxygen atoms in total. The molecule has 1 heterocycles. The van der Waals surface area contributed by atoms with Crippen LogP contribution in [0.3, 0.4) is 0 Å². The smallest absolute Gasteiger partial charge is 0.343 e. The zero-order valence-corrected chi connectivity index (χ0v) is 15.3. The summed E-state index contributed by atoms with van der Waals surface area (Å²) >= 11 is 6.06. The van der Waals surface area contributed by atoms with Crippen molar-refractivity contribution in [3.63, 3.8) is 0 Å². The lowest BCUT2D eigenvalue weighted by atomic mass is 9.99. The van der Waals surface area contributed by atoms with E-state index >= 15 is 0 Å². The Morgan fingerprint density at radius 1 is 1.07 bits per heavy atom. The fraction of sp³-hybridized carbons (Fsp3) is 0.100.